The molecule has 1 atom stereocenters. The van der Waals surface area contributed by atoms with Crippen molar-refractivity contribution in [3.63, 3.8) is 0 Å². The highest BCUT2D eigenvalue weighted by atomic mass is 35.5. The summed E-state index contributed by atoms with van der Waals surface area (Å²) in [6.07, 6.45) is 1.80. The van der Waals surface area contributed by atoms with E-state index in [2.05, 4.69) is 5.32 Å². The second-order valence-corrected chi connectivity index (χ2v) is 6.04. The smallest absolute Gasteiger partial charge is 0.317 e. The Morgan fingerprint density at radius 3 is 3.00 bits per heavy atom. The van der Waals surface area contributed by atoms with Crippen molar-refractivity contribution in [1.29, 1.82) is 0 Å². The second kappa shape index (κ2) is 8.58. The Morgan fingerprint density at radius 1 is 1.45 bits per heavy atom. The lowest BCUT2D eigenvalue weighted by Gasteiger charge is -2.32. The lowest BCUT2D eigenvalue weighted by atomic mass is 10.1. The number of ether oxygens (including phenoxy) is 1. The van der Waals surface area contributed by atoms with Gasteiger partial charge in [-0.1, -0.05) is 29.3 Å². The van der Waals surface area contributed by atoms with Crippen LogP contribution < -0.4 is 5.32 Å². The molecule has 0 aromatic heterocycles. The Hall–Kier alpha value is -1.01. The minimum Gasteiger partial charge on any atom is -0.394 e. The number of carbonyl (C=O) groups excluding carboxylic acids is 1. The van der Waals surface area contributed by atoms with Crippen LogP contribution in [0.5, 0.6) is 0 Å². The lowest BCUT2D eigenvalue weighted by molar-refractivity contribution is -0.00580. The zero-order valence-electron chi connectivity index (χ0n) is 12.2. The first-order valence-electron chi connectivity index (χ1n) is 7.29. The molecular weight excluding hydrogens is 327 g/mol. The van der Waals surface area contributed by atoms with E-state index in [9.17, 15) is 4.79 Å². The molecule has 2 rings (SSSR count). The number of hydrogen-bond donors (Lipinski definition) is 2. The number of carbonyl (C=O) groups is 1. The van der Waals surface area contributed by atoms with Crippen molar-refractivity contribution in [2.75, 3.05) is 26.3 Å². The molecule has 1 aliphatic rings. The zero-order valence-corrected chi connectivity index (χ0v) is 13.7. The van der Waals surface area contributed by atoms with E-state index in [0.717, 1.165) is 18.4 Å². The number of urea groups is 1. The number of rotatable bonds is 5. The van der Waals surface area contributed by atoms with Gasteiger partial charge in [0.1, 0.15) is 0 Å². The molecule has 7 heteroatoms. The maximum Gasteiger partial charge on any atom is 0.317 e. The minimum absolute atomic E-state index is 0.00222. The molecule has 1 heterocycles. The van der Waals surface area contributed by atoms with Crippen LogP contribution in [-0.2, 0) is 11.3 Å². The molecule has 1 fully saturated rings. The van der Waals surface area contributed by atoms with Gasteiger partial charge in [-0.25, -0.2) is 4.79 Å². The Morgan fingerprint density at radius 2 is 2.27 bits per heavy atom. The second-order valence-electron chi connectivity index (χ2n) is 5.20. The van der Waals surface area contributed by atoms with Crippen LogP contribution in [0.4, 0.5) is 4.79 Å². The fourth-order valence-corrected chi connectivity index (χ4v) is 2.90. The van der Waals surface area contributed by atoms with Crippen LogP contribution in [-0.4, -0.2) is 48.4 Å². The molecule has 5 nitrogen and oxygen atoms in total. The summed E-state index contributed by atoms with van der Waals surface area (Å²) in [4.78, 5) is 13.9. The Labute approximate surface area is 140 Å². The van der Waals surface area contributed by atoms with E-state index in [1.807, 2.05) is 0 Å². The number of nitrogens with zero attached hydrogens (tertiary/aromatic N) is 1. The highest BCUT2D eigenvalue weighted by Gasteiger charge is 2.23. The third-order valence-electron chi connectivity index (χ3n) is 3.56. The van der Waals surface area contributed by atoms with Crippen molar-refractivity contribution >= 4 is 29.2 Å². The number of amides is 2. The molecule has 22 heavy (non-hydrogen) atoms. The largest absolute Gasteiger partial charge is 0.394 e. The molecule has 1 aromatic carbocycles. The van der Waals surface area contributed by atoms with Crippen molar-refractivity contribution in [2.24, 2.45) is 0 Å². The van der Waals surface area contributed by atoms with E-state index in [1.54, 1.807) is 23.1 Å². The van der Waals surface area contributed by atoms with Gasteiger partial charge in [0, 0.05) is 29.7 Å². The Kier molecular flexibility index (Phi) is 6.76. The van der Waals surface area contributed by atoms with E-state index >= 15 is 0 Å². The van der Waals surface area contributed by atoms with Crippen LogP contribution >= 0.6 is 23.2 Å². The van der Waals surface area contributed by atoms with Crippen molar-refractivity contribution in [2.45, 2.75) is 25.5 Å². The summed E-state index contributed by atoms with van der Waals surface area (Å²) < 4.78 is 5.50. The summed E-state index contributed by atoms with van der Waals surface area (Å²) in [5, 5.41) is 12.8. The summed E-state index contributed by atoms with van der Waals surface area (Å²) in [6, 6.07) is 5.07. The molecule has 2 amide bonds. The SMILES string of the molecule is O=C(NCc1ccc(Cl)cc1Cl)N1CCC[C@H](OCCO)C1. The van der Waals surface area contributed by atoms with E-state index in [0.29, 0.717) is 36.3 Å². The molecule has 0 bridgehead atoms. The standard InChI is InChI=1S/C15H20Cl2N2O3/c16-12-4-3-11(14(17)8-12)9-18-15(21)19-5-1-2-13(10-19)22-7-6-20/h3-4,8,13,20H,1-2,5-7,9-10H2,(H,18,21)/t13-/m0/s1. The summed E-state index contributed by atoms with van der Waals surface area (Å²) >= 11 is 11.9. The first-order chi connectivity index (χ1) is 10.6. The molecule has 1 aliphatic heterocycles. The highest BCUT2D eigenvalue weighted by molar-refractivity contribution is 6.35. The van der Waals surface area contributed by atoms with E-state index in [4.69, 9.17) is 33.0 Å². The van der Waals surface area contributed by atoms with Crippen molar-refractivity contribution in [1.82, 2.24) is 10.2 Å². The minimum atomic E-state index is -0.136. The maximum absolute atomic E-state index is 12.2. The summed E-state index contributed by atoms with van der Waals surface area (Å²) in [5.74, 6) is 0. The fraction of sp³-hybridized carbons (Fsp3) is 0.533. The third-order valence-corrected chi connectivity index (χ3v) is 4.14. The highest BCUT2D eigenvalue weighted by Crippen LogP contribution is 2.21. The maximum atomic E-state index is 12.2. The fourth-order valence-electron chi connectivity index (χ4n) is 2.43. The van der Waals surface area contributed by atoms with Crippen LogP contribution in [0, 0.1) is 0 Å². The number of piperidine rings is 1. The van der Waals surface area contributed by atoms with E-state index in [1.165, 1.54) is 0 Å². The van der Waals surface area contributed by atoms with Gasteiger partial charge in [-0.2, -0.15) is 0 Å². The van der Waals surface area contributed by atoms with Gasteiger partial charge in [-0.3, -0.25) is 0 Å². The number of benzene rings is 1. The normalized spacial score (nSPS) is 18.3. The van der Waals surface area contributed by atoms with Gasteiger partial charge >= 0.3 is 6.03 Å². The van der Waals surface area contributed by atoms with Crippen molar-refractivity contribution in [3.05, 3.63) is 33.8 Å². The number of aliphatic hydroxyl groups excluding tert-OH is 1. The summed E-state index contributed by atoms with van der Waals surface area (Å²) in [6.45, 7) is 1.91. The molecule has 0 saturated carbocycles. The molecule has 2 N–H and O–H groups in total. The average molecular weight is 347 g/mol. The average Bonchev–Trinajstić information content (AvgIpc) is 2.52. The molecule has 1 saturated heterocycles. The van der Waals surface area contributed by atoms with E-state index < -0.39 is 0 Å². The van der Waals surface area contributed by atoms with Gasteiger partial charge in [0.15, 0.2) is 0 Å². The Bertz CT molecular complexity index is 514. The van der Waals surface area contributed by atoms with Crippen LogP contribution in [0.3, 0.4) is 0 Å². The zero-order chi connectivity index (χ0) is 15.9. The topological polar surface area (TPSA) is 61.8 Å². The molecule has 0 radical (unpaired) electrons. The first kappa shape index (κ1) is 17.3. The summed E-state index contributed by atoms with van der Waals surface area (Å²) in [5.41, 5.74) is 0.824. The quantitative estimate of drug-likeness (QED) is 0.861. The number of aliphatic hydroxyl groups is 1. The van der Waals surface area contributed by atoms with Crippen LogP contribution in [0.1, 0.15) is 18.4 Å². The molecule has 0 unspecified atom stereocenters. The van der Waals surface area contributed by atoms with Crippen LogP contribution in [0.15, 0.2) is 18.2 Å². The molecular formula is C15H20Cl2N2O3. The number of hydrogen-bond acceptors (Lipinski definition) is 3. The number of likely N-dealkylation sites (tertiary alicyclic amines) is 1. The predicted octanol–water partition coefficient (Wildman–Crippen LogP) is 2.68. The lowest BCUT2D eigenvalue weighted by Crippen LogP contribution is -2.47. The van der Waals surface area contributed by atoms with Gasteiger partial charge in [-0.15, -0.1) is 0 Å². The monoisotopic (exact) mass is 346 g/mol. The van der Waals surface area contributed by atoms with Crippen LogP contribution in [0.25, 0.3) is 0 Å². The van der Waals surface area contributed by atoms with Gasteiger partial charge in [0.2, 0.25) is 0 Å². The Balaban J connectivity index is 1.83. The van der Waals surface area contributed by atoms with Gasteiger partial charge in [-0.05, 0) is 30.5 Å². The predicted molar refractivity (Wildman–Crippen MR) is 86.3 cm³/mol. The summed E-state index contributed by atoms with van der Waals surface area (Å²) in [7, 11) is 0. The van der Waals surface area contributed by atoms with Gasteiger partial charge < -0.3 is 20.1 Å². The molecule has 1 aromatic rings. The van der Waals surface area contributed by atoms with E-state index in [-0.39, 0.29) is 18.7 Å². The third kappa shape index (κ3) is 5.02. The van der Waals surface area contributed by atoms with Gasteiger partial charge in [0.25, 0.3) is 0 Å². The molecule has 122 valence electrons. The van der Waals surface area contributed by atoms with Crippen LogP contribution in [0.2, 0.25) is 10.0 Å². The molecule has 0 spiro atoms. The number of nitrogens with one attached hydrogen (secondary N) is 1. The number of halogens is 2. The van der Waals surface area contributed by atoms with Crippen molar-refractivity contribution < 1.29 is 14.6 Å². The van der Waals surface area contributed by atoms with Crippen molar-refractivity contribution in [3.8, 4) is 0 Å². The van der Waals surface area contributed by atoms with Gasteiger partial charge in [0.05, 0.1) is 19.3 Å². The molecule has 0 aliphatic carbocycles. The first-order valence-corrected chi connectivity index (χ1v) is 8.05.